The van der Waals surface area contributed by atoms with E-state index in [2.05, 4.69) is 16.7 Å². The smallest absolute Gasteiger partial charge is 0.207 e. The van der Waals surface area contributed by atoms with E-state index in [0.717, 1.165) is 19.5 Å². The zero-order chi connectivity index (χ0) is 8.10. The lowest BCUT2D eigenvalue weighted by Gasteiger charge is -2.25. The van der Waals surface area contributed by atoms with Crippen molar-refractivity contribution >= 4 is 6.41 Å². The van der Waals surface area contributed by atoms with E-state index in [1.165, 1.54) is 0 Å². The fourth-order valence-electron chi connectivity index (χ4n) is 1.26. The zero-order valence-electron chi connectivity index (χ0n) is 6.21. The summed E-state index contributed by atoms with van der Waals surface area (Å²) in [6.45, 7) is 1.52. The second kappa shape index (κ2) is 3.94. The number of nitrogens with one attached hydrogen (secondary N) is 2. The van der Waals surface area contributed by atoms with Crippen LogP contribution in [0.5, 0.6) is 0 Å². The molecule has 0 saturated carbocycles. The number of nitrogens with zero attached hydrogens (tertiary/aromatic N) is 1. The van der Waals surface area contributed by atoms with Crippen LogP contribution in [0, 0.1) is 17.2 Å². The van der Waals surface area contributed by atoms with E-state index in [-0.39, 0.29) is 12.0 Å². The summed E-state index contributed by atoms with van der Waals surface area (Å²) in [5, 5.41) is 14.3. The molecular weight excluding hydrogens is 142 g/mol. The van der Waals surface area contributed by atoms with Gasteiger partial charge < -0.3 is 10.6 Å². The molecule has 1 heterocycles. The Morgan fingerprint density at radius 3 is 3.09 bits per heavy atom. The van der Waals surface area contributed by atoms with E-state index in [9.17, 15) is 4.79 Å². The Balaban J connectivity index is 2.34. The van der Waals surface area contributed by atoms with Gasteiger partial charge in [-0.15, -0.1) is 0 Å². The van der Waals surface area contributed by atoms with Crippen LogP contribution < -0.4 is 10.6 Å². The molecule has 0 bridgehead atoms. The molecule has 0 aliphatic carbocycles. The van der Waals surface area contributed by atoms with Gasteiger partial charge in [-0.1, -0.05) is 0 Å². The van der Waals surface area contributed by atoms with Crippen molar-refractivity contribution in [3.05, 3.63) is 0 Å². The molecule has 1 aliphatic heterocycles. The van der Waals surface area contributed by atoms with Crippen molar-refractivity contribution in [3.63, 3.8) is 0 Å². The monoisotopic (exact) mass is 153 g/mol. The van der Waals surface area contributed by atoms with E-state index in [1.807, 2.05) is 0 Å². The standard InChI is InChI=1S/C7H11N3O/c8-2-6-1-7(10-5-11)4-9-3-6/h5-7,9H,1,3-4H2,(H,10,11). The fraction of sp³-hybridized carbons (Fsp3) is 0.714. The topological polar surface area (TPSA) is 64.9 Å². The van der Waals surface area contributed by atoms with Crippen molar-refractivity contribution in [1.82, 2.24) is 10.6 Å². The summed E-state index contributed by atoms with van der Waals surface area (Å²) >= 11 is 0. The van der Waals surface area contributed by atoms with E-state index < -0.39 is 0 Å². The normalized spacial score (nSPS) is 30.5. The molecule has 1 aliphatic rings. The summed E-state index contributed by atoms with van der Waals surface area (Å²) in [6.07, 6.45) is 1.45. The van der Waals surface area contributed by atoms with Crippen LogP contribution in [-0.2, 0) is 4.79 Å². The van der Waals surface area contributed by atoms with Gasteiger partial charge in [-0.3, -0.25) is 4.79 Å². The number of carbonyl (C=O) groups excluding carboxylic acids is 1. The predicted molar refractivity (Wildman–Crippen MR) is 39.6 cm³/mol. The average Bonchev–Trinajstić information content (AvgIpc) is 2.06. The molecule has 0 radical (unpaired) electrons. The van der Waals surface area contributed by atoms with Crippen LogP contribution >= 0.6 is 0 Å². The van der Waals surface area contributed by atoms with Gasteiger partial charge in [0.1, 0.15) is 0 Å². The van der Waals surface area contributed by atoms with Gasteiger partial charge >= 0.3 is 0 Å². The Hall–Kier alpha value is -1.08. The second-order valence-electron chi connectivity index (χ2n) is 2.70. The number of rotatable bonds is 2. The number of piperidine rings is 1. The largest absolute Gasteiger partial charge is 0.355 e. The maximum Gasteiger partial charge on any atom is 0.207 e. The molecule has 60 valence electrons. The van der Waals surface area contributed by atoms with Crippen molar-refractivity contribution in [1.29, 1.82) is 5.26 Å². The predicted octanol–water partition coefficient (Wildman–Crippen LogP) is -0.766. The van der Waals surface area contributed by atoms with Gasteiger partial charge in [0.05, 0.1) is 12.0 Å². The van der Waals surface area contributed by atoms with Crippen molar-refractivity contribution in [3.8, 4) is 6.07 Å². The van der Waals surface area contributed by atoms with E-state index in [4.69, 9.17) is 5.26 Å². The molecule has 2 N–H and O–H groups in total. The van der Waals surface area contributed by atoms with Crippen LogP contribution in [-0.4, -0.2) is 25.5 Å². The fourth-order valence-corrected chi connectivity index (χ4v) is 1.26. The Morgan fingerprint density at radius 2 is 2.45 bits per heavy atom. The molecular formula is C7H11N3O. The van der Waals surface area contributed by atoms with Crippen LogP contribution in [0.2, 0.25) is 0 Å². The summed E-state index contributed by atoms with van der Waals surface area (Å²) in [5.74, 6) is 0.0428. The molecule has 1 saturated heterocycles. The van der Waals surface area contributed by atoms with Crippen LogP contribution in [0.25, 0.3) is 0 Å². The quantitative estimate of drug-likeness (QED) is 0.512. The highest BCUT2D eigenvalue weighted by molar-refractivity contribution is 5.46. The first-order chi connectivity index (χ1) is 5.36. The van der Waals surface area contributed by atoms with E-state index in [0.29, 0.717) is 6.41 Å². The van der Waals surface area contributed by atoms with Gasteiger partial charge in [-0.2, -0.15) is 5.26 Å². The molecule has 11 heavy (non-hydrogen) atoms. The molecule has 0 aromatic heterocycles. The first-order valence-electron chi connectivity index (χ1n) is 3.67. The minimum absolute atomic E-state index is 0.0428. The second-order valence-corrected chi connectivity index (χ2v) is 2.70. The molecule has 1 amide bonds. The molecule has 0 aromatic carbocycles. The summed E-state index contributed by atoms with van der Waals surface area (Å²) in [4.78, 5) is 10.0. The van der Waals surface area contributed by atoms with Crippen molar-refractivity contribution in [2.45, 2.75) is 12.5 Å². The number of hydrogen-bond donors (Lipinski definition) is 2. The summed E-state index contributed by atoms with van der Waals surface area (Å²) in [7, 11) is 0. The third kappa shape index (κ3) is 2.20. The van der Waals surface area contributed by atoms with Crippen LogP contribution in [0.1, 0.15) is 6.42 Å². The Morgan fingerprint density at radius 1 is 1.64 bits per heavy atom. The van der Waals surface area contributed by atoms with Gasteiger partial charge in [0.25, 0.3) is 0 Å². The maximum absolute atomic E-state index is 10.0. The van der Waals surface area contributed by atoms with Crippen LogP contribution in [0.15, 0.2) is 0 Å². The van der Waals surface area contributed by atoms with Crippen LogP contribution in [0.4, 0.5) is 0 Å². The summed E-state index contributed by atoms with van der Waals surface area (Å²) in [6, 6.07) is 2.30. The Labute approximate surface area is 65.6 Å². The molecule has 2 atom stereocenters. The molecule has 0 aromatic rings. The van der Waals surface area contributed by atoms with Gasteiger partial charge in [0.2, 0.25) is 6.41 Å². The van der Waals surface area contributed by atoms with Crippen molar-refractivity contribution in [2.24, 2.45) is 5.92 Å². The molecule has 2 unspecified atom stereocenters. The van der Waals surface area contributed by atoms with E-state index in [1.54, 1.807) is 0 Å². The maximum atomic E-state index is 10.0. The van der Waals surface area contributed by atoms with Gasteiger partial charge in [-0.25, -0.2) is 0 Å². The lowest BCUT2D eigenvalue weighted by Crippen LogP contribution is -2.46. The zero-order valence-corrected chi connectivity index (χ0v) is 6.21. The first-order valence-corrected chi connectivity index (χ1v) is 3.67. The third-order valence-corrected chi connectivity index (χ3v) is 1.84. The van der Waals surface area contributed by atoms with Gasteiger partial charge in [0.15, 0.2) is 0 Å². The van der Waals surface area contributed by atoms with E-state index >= 15 is 0 Å². The Bertz CT molecular complexity index is 175. The molecule has 4 nitrogen and oxygen atoms in total. The highest BCUT2D eigenvalue weighted by Crippen LogP contribution is 2.08. The first kappa shape index (κ1) is 8.02. The number of nitriles is 1. The molecule has 1 fully saturated rings. The average molecular weight is 153 g/mol. The third-order valence-electron chi connectivity index (χ3n) is 1.84. The van der Waals surface area contributed by atoms with Crippen molar-refractivity contribution < 1.29 is 4.79 Å². The number of amides is 1. The summed E-state index contributed by atoms with van der Waals surface area (Å²) in [5.41, 5.74) is 0. The van der Waals surface area contributed by atoms with Crippen LogP contribution in [0.3, 0.4) is 0 Å². The number of hydrogen-bond acceptors (Lipinski definition) is 3. The van der Waals surface area contributed by atoms with Gasteiger partial charge in [-0.05, 0) is 6.42 Å². The molecule has 4 heteroatoms. The summed E-state index contributed by atoms with van der Waals surface area (Å²) < 4.78 is 0. The molecule has 0 spiro atoms. The highest BCUT2D eigenvalue weighted by atomic mass is 16.1. The molecule has 1 rings (SSSR count). The number of carbonyl (C=O) groups is 1. The minimum atomic E-state index is 0.0428. The van der Waals surface area contributed by atoms with Crippen molar-refractivity contribution in [2.75, 3.05) is 13.1 Å². The highest BCUT2D eigenvalue weighted by Gasteiger charge is 2.19. The lowest BCUT2D eigenvalue weighted by atomic mass is 9.97. The van der Waals surface area contributed by atoms with Gasteiger partial charge in [0, 0.05) is 19.1 Å². The SMILES string of the molecule is N#CC1CNCC(NC=O)C1. The lowest BCUT2D eigenvalue weighted by molar-refractivity contribution is -0.110. The Kier molecular flexibility index (Phi) is 2.87. The minimum Gasteiger partial charge on any atom is -0.355 e.